The van der Waals surface area contributed by atoms with Crippen molar-refractivity contribution in [3.05, 3.63) is 81.7 Å². The van der Waals surface area contributed by atoms with Crippen LogP contribution >= 0.6 is 22.9 Å². The van der Waals surface area contributed by atoms with Gasteiger partial charge in [0.1, 0.15) is 30.5 Å². The summed E-state index contributed by atoms with van der Waals surface area (Å²) in [6.07, 6.45) is -5.32. The molecule has 0 spiro atoms. The zero-order chi connectivity index (χ0) is 21.3. The van der Waals surface area contributed by atoms with Crippen LogP contribution in [0.4, 0.5) is 0 Å². The number of halogens is 1. The summed E-state index contributed by atoms with van der Waals surface area (Å²) in [6, 6.07) is 19.6. The number of hydrogen-bond donors (Lipinski definition) is 4. The van der Waals surface area contributed by atoms with E-state index in [9.17, 15) is 20.4 Å². The van der Waals surface area contributed by atoms with Gasteiger partial charge < -0.3 is 25.2 Å². The SMILES string of the molecule is OC[C@H]1O[C@@H](c2ccc(Cl)c(Cc3ccc(-c4ccccc4)s3)c2)[C@H](O)[C@@H](O)[C@@H]1O. The molecular formula is C23H23ClO5S. The van der Waals surface area contributed by atoms with Gasteiger partial charge >= 0.3 is 0 Å². The maximum Gasteiger partial charge on any atom is 0.113 e. The molecule has 5 atom stereocenters. The lowest BCUT2D eigenvalue weighted by molar-refractivity contribution is -0.231. The fourth-order valence-corrected chi connectivity index (χ4v) is 4.92. The number of thiophene rings is 1. The first-order chi connectivity index (χ1) is 14.5. The molecule has 0 amide bonds. The Morgan fingerprint density at radius 1 is 0.900 bits per heavy atom. The first-order valence-corrected chi connectivity index (χ1v) is 10.9. The number of benzene rings is 2. The second-order valence-corrected chi connectivity index (χ2v) is 8.98. The van der Waals surface area contributed by atoms with E-state index in [0.29, 0.717) is 17.0 Å². The Balaban J connectivity index is 1.57. The minimum absolute atomic E-state index is 0.459. The molecule has 1 aromatic heterocycles. The van der Waals surface area contributed by atoms with Crippen LogP contribution in [0.1, 0.15) is 22.1 Å². The van der Waals surface area contributed by atoms with Crippen LogP contribution in [0.25, 0.3) is 10.4 Å². The maximum atomic E-state index is 10.4. The Labute approximate surface area is 183 Å². The predicted octanol–water partition coefficient (Wildman–Crippen LogP) is 3.17. The topological polar surface area (TPSA) is 90.2 Å². The smallest absolute Gasteiger partial charge is 0.113 e. The third-order valence-electron chi connectivity index (χ3n) is 5.38. The molecule has 0 saturated carbocycles. The highest BCUT2D eigenvalue weighted by atomic mass is 35.5. The van der Waals surface area contributed by atoms with Crippen molar-refractivity contribution in [1.29, 1.82) is 0 Å². The quantitative estimate of drug-likeness (QED) is 0.483. The molecule has 1 aliphatic heterocycles. The van der Waals surface area contributed by atoms with E-state index in [4.69, 9.17) is 16.3 Å². The number of rotatable bonds is 5. The van der Waals surface area contributed by atoms with Crippen molar-refractivity contribution in [2.75, 3.05) is 6.61 Å². The van der Waals surface area contributed by atoms with E-state index in [1.54, 1.807) is 23.5 Å². The van der Waals surface area contributed by atoms with Crippen molar-refractivity contribution >= 4 is 22.9 Å². The Morgan fingerprint density at radius 3 is 2.40 bits per heavy atom. The molecule has 3 aromatic rings. The normalized spacial score (nSPS) is 26.6. The molecule has 4 N–H and O–H groups in total. The number of aliphatic hydroxyl groups is 4. The molecule has 0 bridgehead atoms. The molecule has 30 heavy (non-hydrogen) atoms. The maximum absolute atomic E-state index is 10.4. The summed E-state index contributed by atoms with van der Waals surface area (Å²) in [5.41, 5.74) is 2.66. The first kappa shape index (κ1) is 21.5. The number of ether oxygens (including phenoxy) is 1. The van der Waals surface area contributed by atoms with Gasteiger partial charge in [0.05, 0.1) is 6.61 Å². The Bertz CT molecular complexity index is 990. The summed E-state index contributed by atoms with van der Waals surface area (Å²) < 4.78 is 5.67. The van der Waals surface area contributed by atoms with Gasteiger partial charge in [-0.1, -0.05) is 54.1 Å². The van der Waals surface area contributed by atoms with E-state index < -0.39 is 37.1 Å². The van der Waals surface area contributed by atoms with E-state index in [-0.39, 0.29) is 0 Å². The minimum Gasteiger partial charge on any atom is -0.394 e. The lowest BCUT2D eigenvalue weighted by Crippen LogP contribution is -2.55. The Morgan fingerprint density at radius 2 is 1.67 bits per heavy atom. The van der Waals surface area contributed by atoms with Gasteiger partial charge in [-0.2, -0.15) is 0 Å². The lowest BCUT2D eigenvalue weighted by Gasteiger charge is -2.40. The second kappa shape index (κ2) is 9.16. The fourth-order valence-electron chi connectivity index (χ4n) is 3.70. The highest BCUT2D eigenvalue weighted by molar-refractivity contribution is 7.15. The van der Waals surface area contributed by atoms with E-state index >= 15 is 0 Å². The molecule has 4 rings (SSSR count). The van der Waals surface area contributed by atoms with Crippen LogP contribution in [0.5, 0.6) is 0 Å². The highest BCUT2D eigenvalue weighted by Crippen LogP contribution is 2.35. The van der Waals surface area contributed by atoms with Gasteiger partial charge in [-0.05, 0) is 34.9 Å². The first-order valence-electron chi connectivity index (χ1n) is 9.71. The van der Waals surface area contributed by atoms with Crippen LogP contribution < -0.4 is 0 Å². The van der Waals surface area contributed by atoms with Gasteiger partial charge in [0, 0.05) is 21.2 Å². The van der Waals surface area contributed by atoms with Crippen LogP contribution in [0.3, 0.4) is 0 Å². The van der Waals surface area contributed by atoms with E-state index in [1.807, 2.05) is 24.3 Å². The molecule has 5 nitrogen and oxygen atoms in total. The van der Waals surface area contributed by atoms with Crippen molar-refractivity contribution in [2.24, 2.45) is 0 Å². The van der Waals surface area contributed by atoms with E-state index in [0.717, 1.165) is 16.0 Å². The van der Waals surface area contributed by atoms with Crippen molar-refractivity contribution in [3.63, 3.8) is 0 Å². The molecule has 2 heterocycles. The molecule has 0 unspecified atom stereocenters. The Hall–Kier alpha value is -1.77. The molecule has 158 valence electrons. The van der Waals surface area contributed by atoms with Gasteiger partial charge in [-0.15, -0.1) is 11.3 Å². The Kier molecular flexibility index (Phi) is 6.55. The van der Waals surface area contributed by atoms with Crippen molar-refractivity contribution in [2.45, 2.75) is 36.9 Å². The van der Waals surface area contributed by atoms with Crippen LogP contribution in [0, 0.1) is 0 Å². The molecule has 7 heteroatoms. The van der Waals surface area contributed by atoms with Crippen molar-refractivity contribution in [1.82, 2.24) is 0 Å². The summed E-state index contributed by atoms with van der Waals surface area (Å²) in [5, 5.41) is 40.5. The third-order valence-corrected chi connectivity index (χ3v) is 6.88. The highest BCUT2D eigenvalue weighted by Gasteiger charge is 2.44. The molecule has 0 radical (unpaired) electrons. The average molecular weight is 447 g/mol. The average Bonchev–Trinajstić information content (AvgIpc) is 3.23. The molecule has 1 fully saturated rings. The molecule has 1 aliphatic rings. The van der Waals surface area contributed by atoms with Crippen molar-refractivity contribution < 1.29 is 25.2 Å². The molecule has 2 aromatic carbocycles. The zero-order valence-corrected chi connectivity index (χ0v) is 17.6. The van der Waals surface area contributed by atoms with Gasteiger partial charge in [0.2, 0.25) is 0 Å². The summed E-state index contributed by atoms with van der Waals surface area (Å²) in [7, 11) is 0. The fraction of sp³-hybridized carbons (Fsp3) is 0.304. The van der Waals surface area contributed by atoms with Crippen LogP contribution in [0.2, 0.25) is 5.02 Å². The summed E-state index contributed by atoms with van der Waals surface area (Å²) in [4.78, 5) is 2.31. The minimum atomic E-state index is -1.41. The van der Waals surface area contributed by atoms with Crippen molar-refractivity contribution in [3.8, 4) is 10.4 Å². The van der Waals surface area contributed by atoms with Crippen LogP contribution in [-0.2, 0) is 11.2 Å². The van der Waals surface area contributed by atoms with Gasteiger partial charge in [-0.25, -0.2) is 0 Å². The standard InChI is InChI=1S/C23H23ClO5S/c24-17-8-6-14(23-22(28)21(27)20(26)18(12-25)29-23)10-15(17)11-16-7-9-19(30-16)13-4-2-1-3-5-13/h1-10,18,20-23,25-28H,11-12H2/t18-,20-,21+,22-,23+/m1/s1. The molecule has 1 saturated heterocycles. The van der Waals surface area contributed by atoms with Gasteiger partial charge in [-0.3, -0.25) is 0 Å². The van der Waals surface area contributed by atoms with Crippen LogP contribution in [0.15, 0.2) is 60.7 Å². The third kappa shape index (κ3) is 4.31. The number of aliphatic hydroxyl groups excluding tert-OH is 4. The van der Waals surface area contributed by atoms with Crippen LogP contribution in [-0.4, -0.2) is 51.4 Å². The number of hydrogen-bond acceptors (Lipinski definition) is 6. The second-order valence-electron chi connectivity index (χ2n) is 7.41. The zero-order valence-electron chi connectivity index (χ0n) is 16.1. The summed E-state index contributed by atoms with van der Waals surface area (Å²) in [6.45, 7) is -0.459. The molecular weight excluding hydrogens is 424 g/mol. The predicted molar refractivity (Wildman–Crippen MR) is 117 cm³/mol. The summed E-state index contributed by atoms with van der Waals surface area (Å²) in [5.74, 6) is 0. The van der Waals surface area contributed by atoms with E-state index in [1.165, 1.54) is 4.88 Å². The van der Waals surface area contributed by atoms with Gasteiger partial charge in [0.25, 0.3) is 0 Å². The van der Waals surface area contributed by atoms with E-state index in [2.05, 4.69) is 24.3 Å². The van der Waals surface area contributed by atoms with Gasteiger partial charge in [0.15, 0.2) is 0 Å². The largest absolute Gasteiger partial charge is 0.394 e. The monoisotopic (exact) mass is 446 g/mol. The summed E-state index contributed by atoms with van der Waals surface area (Å²) >= 11 is 8.12. The molecule has 0 aliphatic carbocycles. The lowest BCUT2D eigenvalue weighted by atomic mass is 9.90.